The van der Waals surface area contributed by atoms with E-state index in [1.807, 2.05) is 44.2 Å². The molecule has 0 radical (unpaired) electrons. The minimum atomic E-state index is -0.326. The topological polar surface area (TPSA) is 29.1 Å². The van der Waals surface area contributed by atoms with Gasteiger partial charge in [0.05, 0.1) is 11.3 Å². The number of benzene rings is 1. The van der Waals surface area contributed by atoms with Crippen molar-refractivity contribution in [3.63, 3.8) is 0 Å². The number of hydrogen-bond acceptors (Lipinski definition) is 2. The van der Waals surface area contributed by atoms with E-state index in [-0.39, 0.29) is 11.4 Å². The first kappa shape index (κ1) is 13.8. The summed E-state index contributed by atoms with van der Waals surface area (Å²) in [5, 5.41) is 3.04. The number of hydrogen-bond donors (Lipinski definition) is 1. The Hall–Kier alpha value is -1.22. The third-order valence-electron chi connectivity index (χ3n) is 2.42. The number of nitrogens with one attached hydrogen (secondary N) is 1. The summed E-state index contributed by atoms with van der Waals surface area (Å²) >= 11 is 1.57. The first-order chi connectivity index (χ1) is 8.06. The van der Waals surface area contributed by atoms with Gasteiger partial charge in [0.2, 0.25) is 5.91 Å². The average Bonchev–Trinajstić information content (AvgIpc) is 2.30. The van der Waals surface area contributed by atoms with Crippen molar-refractivity contribution in [1.29, 1.82) is 0 Å². The second kappa shape index (κ2) is 6.50. The van der Waals surface area contributed by atoms with E-state index < -0.39 is 0 Å². The molecule has 0 unspecified atom stereocenters. The van der Waals surface area contributed by atoms with Crippen LogP contribution in [0.25, 0.3) is 0 Å². The minimum absolute atomic E-state index is 0.0608. The molecule has 0 aliphatic carbocycles. The van der Waals surface area contributed by atoms with E-state index in [9.17, 15) is 4.79 Å². The van der Waals surface area contributed by atoms with Gasteiger partial charge in [-0.3, -0.25) is 4.79 Å². The Labute approximate surface area is 107 Å². The summed E-state index contributed by atoms with van der Waals surface area (Å²) in [5.41, 5.74) is 0.787. The van der Waals surface area contributed by atoms with Crippen molar-refractivity contribution in [3.8, 4) is 0 Å². The lowest BCUT2D eigenvalue weighted by Gasteiger charge is -2.26. The van der Waals surface area contributed by atoms with Crippen molar-refractivity contribution < 1.29 is 4.79 Å². The third kappa shape index (κ3) is 4.65. The van der Waals surface area contributed by atoms with Crippen molar-refractivity contribution in [3.05, 3.63) is 48.6 Å². The highest BCUT2D eigenvalue weighted by molar-refractivity contribution is 8.00. The van der Waals surface area contributed by atoms with Crippen molar-refractivity contribution in [2.24, 2.45) is 0 Å². The number of carbonyl (C=O) groups is 1. The van der Waals surface area contributed by atoms with E-state index in [0.717, 1.165) is 11.3 Å². The molecule has 1 amide bonds. The van der Waals surface area contributed by atoms with Gasteiger partial charge in [-0.15, -0.1) is 18.3 Å². The van der Waals surface area contributed by atoms with Gasteiger partial charge in [-0.2, -0.15) is 0 Å². The fraction of sp³-hybridized carbons (Fsp3) is 0.357. The number of amides is 1. The molecule has 0 saturated carbocycles. The summed E-state index contributed by atoms with van der Waals surface area (Å²) in [6, 6.07) is 9.99. The van der Waals surface area contributed by atoms with Crippen LogP contribution in [0.4, 0.5) is 0 Å². The standard InChI is InChI=1S/C14H19NOS/c1-4-10-17-11-13(16)15-14(2,3)12-8-6-5-7-9-12/h4-9H,1,10-11H2,2-3H3,(H,15,16). The molecule has 3 heteroatoms. The maximum Gasteiger partial charge on any atom is 0.230 e. The van der Waals surface area contributed by atoms with Crippen LogP contribution in [0, 0.1) is 0 Å². The van der Waals surface area contributed by atoms with Gasteiger partial charge in [-0.1, -0.05) is 36.4 Å². The number of carbonyl (C=O) groups excluding carboxylic acids is 1. The van der Waals surface area contributed by atoms with Gasteiger partial charge in [0, 0.05) is 5.75 Å². The zero-order valence-corrected chi connectivity index (χ0v) is 11.2. The van der Waals surface area contributed by atoms with Crippen molar-refractivity contribution in [2.45, 2.75) is 19.4 Å². The lowest BCUT2D eigenvalue weighted by atomic mass is 9.94. The van der Waals surface area contributed by atoms with Crippen molar-refractivity contribution >= 4 is 17.7 Å². The van der Waals surface area contributed by atoms with Crippen molar-refractivity contribution in [2.75, 3.05) is 11.5 Å². The highest BCUT2D eigenvalue weighted by Gasteiger charge is 2.21. The lowest BCUT2D eigenvalue weighted by molar-refractivity contribution is -0.120. The quantitative estimate of drug-likeness (QED) is 0.620. The highest BCUT2D eigenvalue weighted by Crippen LogP contribution is 2.19. The number of thioether (sulfide) groups is 1. The summed E-state index contributed by atoms with van der Waals surface area (Å²) in [6.07, 6.45) is 1.81. The Morgan fingerprint density at radius 3 is 2.65 bits per heavy atom. The molecule has 1 N–H and O–H groups in total. The maximum absolute atomic E-state index is 11.7. The zero-order valence-electron chi connectivity index (χ0n) is 10.4. The Bertz CT molecular complexity index is 373. The normalized spacial score (nSPS) is 10.9. The number of rotatable bonds is 6. The largest absolute Gasteiger partial charge is 0.346 e. The Kier molecular flexibility index (Phi) is 5.29. The van der Waals surface area contributed by atoms with Gasteiger partial charge in [-0.05, 0) is 19.4 Å². The van der Waals surface area contributed by atoms with Crippen LogP contribution < -0.4 is 5.32 Å². The van der Waals surface area contributed by atoms with Gasteiger partial charge < -0.3 is 5.32 Å². The molecule has 1 aromatic carbocycles. The van der Waals surface area contributed by atoms with Crippen molar-refractivity contribution in [1.82, 2.24) is 5.32 Å². The molecule has 17 heavy (non-hydrogen) atoms. The van der Waals surface area contributed by atoms with Crippen LogP contribution in [-0.4, -0.2) is 17.4 Å². The van der Waals surface area contributed by atoms with Gasteiger partial charge in [0.15, 0.2) is 0 Å². The predicted molar refractivity (Wildman–Crippen MR) is 75.1 cm³/mol. The smallest absolute Gasteiger partial charge is 0.230 e. The molecule has 0 aromatic heterocycles. The molecule has 0 fully saturated rings. The predicted octanol–water partition coefficient (Wildman–Crippen LogP) is 2.96. The second-order valence-corrected chi connectivity index (χ2v) is 5.37. The Morgan fingerprint density at radius 2 is 2.06 bits per heavy atom. The molecular weight excluding hydrogens is 230 g/mol. The molecule has 92 valence electrons. The summed E-state index contributed by atoms with van der Waals surface area (Å²) in [7, 11) is 0. The van der Waals surface area contributed by atoms with E-state index in [4.69, 9.17) is 0 Å². The third-order valence-corrected chi connectivity index (χ3v) is 3.35. The Morgan fingerprint density at radius 1 is 1.41 bits per heavy atom. The summed E-state index contributed by atoms with van der Waals surface area (Å²) in [6.45, 7) is 7.65. The van der Waals surface area contributed by atoms with Gasteiger partial charge >= 0.3 is 0 Å². The molecule has 0 aliphatic heterocycles. The van der Waals surface area contributed by atoms with Gasteiger partial charge in [0.25, 0.3) is 0 Å². The fourth-order valence-corrected chi connectivity index (χ4v) is 2.09. The SMILES string of the molecule is C=CCSCC(=O)NC(C)(C)c1ccccc1. The second-order valence-electron chi connectivity index (χ2n) is 4.34. The fourth-order valence-electron chi connectivity index (χ4n) is 1.55. The molecule has 1 rings (SSSR count). The lowest BCUT2D eigenvalue weighted by Crippen LogP contribution is -2.41. The molecule has 2 nitrogen and oxygen atoms in total. The van der Waals surface area contributed by atoms with Crippen LogP contribution in [0.2, 0.25) is 0 Å². The van der Waals surface area contributed by atoms with Crippen LogP contribution in [0.3, 0.4) is 0 Å². The molecule has 0 atom stereocenters. The molecule has 1 aromatic rings. The van der Waals surface area contributed by atoms with Crippen LogP contribution in [0.15, 0.2) is 43.0 Å². The van der Waals surface area contributed by atoms with Gasteiger partial charge in [-0.25, -0.2) is 0 Å². The molecule has 0 saturated heterocycles. The van der Waals surface area contributed by atoms with Crippen LogP contribution in [0.1, 0.15) is 19.4 Å². The highest BCUT2D eigenvalue weighted by atomic mass is 32.2. The summed E-state index contributed by atoms with van der Waals surface area (Å²) in [5.74, 6) is 1.34. The van der Waals surface area contributed by atoms with Gasteiger partial charge in [0.1, 0.15) is 0 Å². The molecule has 0 bridgehead atoms. The molecule has 0 spiro atoms. The average molecular weight is 249 g/mol. The first-order valence-electron chi connectivity index (χ1n) is 5.61. The molecule has 0 heterocycles. The van der Waals surface area contributed by atoms with E-state index in [1.54, 1.807) is 17.8 Å². The first-order valence-corrected chi connectivity index (χ1v) is 6.77. The van der Waals surface area contributed by atoms with E-state index in [2.05, 4.69) is 11.9 Å². The molecule has 0 aliphatic rings. The van der Waals surface area contributed by atoms with E-state index in [1.165, 1.54) is 0 Å². The maximum atomic E-state index is 11.7. The molecular formula is C14H19NOS. The van der Waals surface area contributed by atoms with E-state index in [0.29, 0.717) is 5.75 Å². The summed E-state index contributed by atoms with van der Waals surface area (Å²) in [4.78, 5) is 11.7. The van der Waals surface area contributed by atoms with Crippen LogP contribution in [-0.2, 0) is 10.3 Å². The van der Waals surface area contributed by atoms with Crippen LogP contribution >= 0.6 is 11.8 Å². The van der Waals surface area contributed by atoms with E-state index >= 15 is 0 Å². The van der Waals surface area contributed by atoms with Crippen LogP contribution in [0.5, 0.6) is 0 Å². The summed E-state index contributed by atoms with van der Waals surface area (Å²) < 4.78 is 0. The monoisotopic (exact) mass is 249 g/mol. The minimum Gasteiger partial charge on any atom is -0.346 e. The Balaban J connectivity index is 2.54. The zero-order chi connectivity index (χ0) is 12.7.